The van der Waals surface area contributed by atoms with Gasteiger partial charge in [-0.3, -0.25) is 9.59 Å². The summed E-state index contributed by atoms with van der Waals surface area (Å²) >= 11 is 0. The van der Waals surface area contributed by atoms with Gasteiger partial charge in [0, 0.05) is 24.8 Å². The highest BCUT2D eigenvalue weighted by atomic mass is 19.1. The zero-order chi connectivity index (χ0) is 22.0. The summed E-state index contributed by atoms with van der Waals surface area (Å²) in [5.74, 6) is 0.0543. The van der Waals surface area contributed by atoms with E-state index in [1.165, 1.54) is 35.0 Å². The Bertz CT molecular complexity index is 1140. The van der Waals surface area contributed by atoms with Crippen LogP contribution in [0.4, 0.5) is 15.9 Å². The number of aryl methyl sites for hydroxylation is 2. The average molecular weight is 420 g/mol. The van der Waals surface area contributed by atoms with Crippen LogP contribution in [0, 0.1) is 25.6 Å². The Balaban J connectivity index is 1.52. The number of hydrogen-bond donors (Lipinski definition) is 1. The smallest absolute Gasteiger partial charge is 0.271 e. The van der Waals surface area contributed by atoms with Crippen LogP contribution in [0.25, 0.3) is 5.69 Å². The summed E-state index contributed by atoms with van der Waals surface area (Å²) in [6.45, 7) is 5.28. The molecular weight excluding hydrogens is 395 g/mol. The van der Waals surface area contributed by atoms with Crippen LogP contribution in [0.5, 0.6) is 0 Å². The number of hydrogen-bond acceptors (Lipinski definition) is 4. The van der Waals surface area contributed by atoms with Gasteiger partial charge in [0.1, 0.15) is 11.6 Å². The van der Waals surface area contributed by atoms with Gasteiger partial charge in [-0.2, -0.15) is 4.68 Å². The Morgan fingerprint density at radius 1 is 1.06 bits per heavy atom. The molecule has 1 aromatic heterocycles. The number of carbonyl (C=O) groups is 1. The van der Waals surface area contributed by atoms with Gasteiger partial charge in [0.05, 0.1) is 11.6 Å². The van der Waals surface area contributed by atoms with Crippen molar-refractivity contribution in [2.24, 2.45) is 5.92 Å². The van der Waals surface area contributed by atoms with E-state index in [-0.39, 0.29) is 23.2 Å². The summed E-state index contributed by atoms with van der Waals surface area (Å²) in [5.41, 5.74) is 3.22. The van der Waals surface area contributed by atoms with Crippen molar-refractivity contribution in [2.45, 2.75) is 26.7 Å². The highest BCUT2D eigenvalue weighted by molar-refractivity contribution is 5.93. The third kappa shape index (κ3) is 4.82. The predicted molar refractivity (Wildman–Crippen MR) is 119 cm³/mol. The van der Waals surface area contributed by atoms with Crippen LogP contribution in [0.3, 0.4) is 0 Å². The number of nitrogens with zero attached hydrogens (tertiary/aromatic N) is 3. The summed E-state index contributed by atoms with van der Waals surface area (Å²) in [6.07, 6.45) is 1.65. The van der Waals surface area contributed by atoms with Gasteiger partial charge >= 0.3 is 0 Å². The molecular formula is C24H25FN4O2. The second-order valence-corrected chi connectivity index (χ2v) is 8.07. The highest BCUT2D eigenvalue weighted by Gasteiger charge is 2.27. The Morgan fingerprint density at radius 2 is 1.77 bits per heavy atom. The molecule has 1 aliphatic rings. The molecule has 1 saturated heterocycles. The molecule has 6 nitrogen and oxygen atoms in total. The van der Waals surface area contributed by atoms with Crippen LogP contribution in [0.2, 0.25) is 0 Å². The van der Waals surface area contributed by atoms with Crippen LogP contribution in [0.1, 0.15) is 24.0 Å². The molecule has 1 N–H and O–H groups in total. The van der Waals surface area contributed by atoms with Gasteiger partial charge in [-0.05, 0) is 80.3 Å². The first kappa shape index (κ1) is 20.8. The van der Waals surface area contributed by atoms with Crippen molar-refractivity contribution in [3.05, 3.63) is 81.9 Å². The van der Waals surface area contributed by atoms with Crippen LogP contribution in [-0.4, -0.2) is 28.8 Å². The number of rotatable bonds is 4. The zero-order valence-corrected chi connectivity index (χ0v) is 17.6. The van der Waals surface area contributed by atoms with Crippen LogP contribution in [0.15, 0.2) is 59.4 Å². The van der Waals surface area contributed by atoms with E-state index in [0.717, 1.165) is 36.2 Å². The predicted octanol–water partition coefficient (Wildman–Crippen LogP) is 3.84. The molecule has 4 rings (SSSR count). The van der Waals surface area contributed by atoms with Crippen LogP contribution >= 0.6 is 0 Å². The lowest BCUT2D eigenvalue weighted by Crippen LogP contribution is -2.41. The number of piperidine rings is 1. The van der Waals surface area contributed by atoms with Crippen molar-refractivity contribution < 1.29 is 9.18 Å². The molecule has 0 bridgehead atoms. The number of halogens is 1. The van der Waals surface area contributed by atoms with E-state index in [1.54, 1.807) is 6.07 Å². The molecule has 1 fully saturated rings. The number of carbonyl (C=O) groups excluding carboxylic acids is 1. The standard InChI is InChI=1S/C24H25FN4O2/c1-16-12-17(2)14-20(13-16)26-24(31)18-4-3-11-28(15-18)22-9-10-23(30)29(27-22)21-7-5-19(25)6-8-21/h5-10,12-14,18H,3-4,11,15H2,1-2H3,(H,26,31)/t18-/m0/s1. The summed E-state index contributed by atoms with van der Waals surface area (Å²) < 4.78 is 14.5. The van der Waals surface area contributed by atoms with Gasteiger partial charge in [-0.25, -0.2) is 4.39 Å². The molecule has 1 amide bonds. The first-order valence-electron chi connectivity index (χ1n) is 10.4. The van der Waals surface area contributed by atoms with Gasteiger partial charge < -0.3 is 10.2 Å². The minimum absolute atomic E-state index is 0.0124. The van der Waals surface area contributed by atoms with Crippen molar-refractivity contribution in [1.82, 2.24) is 9.78 Å². The van der Waals surface area contributed by atoms with E-state index in [9.17, 15) is 14.0 Å². The zero-order valence-electron chi connectivity index (χ0n) is 17.6. The van der Waals surface area contributed by atoms with Crippen molar-refractivity contribution in [1.29, 1.82) is 0 Å². The van der Waals surface area contributed by atoms with Crippen molar-refractivity contribution >= 4 is 17.4 Å². The van der Waals surface area contributed by atoms with Crippen LogP contribution in [-0.2, 0) is 4.79 Å². The lowest BCUT2D eigenvalue weighted by molar-refractivity contribution is -0.120. The molecule has 0 spiro atoms. The Labute approximate surface area is 180 Å². The molecule has 0 aliphatic carbocycles. The van der Waals surface area contributed by atoms with E-state index in [4.69, 9.17) is 0 Å². The maximum absolute atomic E-state index is 13.2. The van der Waals surface area contributed by atoms with Gasteiger partial charge in [0.25, 0.3) is 5.56 Å². The minimum Gasteiger partial charge on any atom is -0.354 e. The average Bonchev–Trinajstić information content (AvgIpc) is 2.74. The lowest BCUT2D eigenvalue weighted by atomic mass is 9.97. The Kier molecular flexibility index (Phi) is 5.84. The fourth-order valence-electron chi connectivity index (χ4n) is 4.03. The monoisotopic (exact) mass is 420 g/mol. The second kappa shape index (κ2) is 8.71. The highest BCUT2D eigenvalue weighted by Crippen LogP contribution is 2.23. The van der Waals surface area contributed by atoms with Crippen LogP contribution < -0.4 is 15.8 Å². The molecule has 7 heteroatoms. The number of amides is 1. The molecule has 2 heterocycles. The Morgan fingerprint density at radius 3 is 2.48 bits per heavy atom. The van der Waals surface area contributed by atoms with E-state index in [0.29, 0.717) is 18.1 Å². The molecule has 3 aromatic rings. The summed E-state index contributed by atoms with van der Waals surface area (Å²) in [7, 11) is 0. The first-order chi connectivity index (χ1) is 14.9. The van der Waals surface area contributed by atoms with E-state index in [1.807, 2.05) is 30.9 Å². The molecule has 0 unspecified atom stereocenters. The van der Waals surface area contributed by atoms with Crippen molar-refractivity contribution in [2.75, 3.05) is 23.3 Å². The van der Waals surface area contributed by atoms with Gasteiger partial charge in [0.2, 0.25) is 5.91 Å². The number of benzene rings is 2. The normalized spacial score (nSPS) is 16.2. The van der Waals surface area contributed by atoms with E-state index in [2.05, 4.69) is 16.5 Å². The quantitative estimate of drug-likeness (QED) is 0.696. The summed E-state index contributed by atoms with van der Waals surface area (Å²) in [6, 6.07) is 14.7. The van der Waals surface area contributed by atoms with Gasteiger partial charge in [-0.15, -0.1) is 5.10 Å². The molecule has 0 radical (unpaired) electrons. The SMILES string of the molecule is Cc1cc(C)cc(NC(=O)[C@H]2CCCN(c3ccc(=O)n(-c4ccc(F)cc4)n3)C2)c1. The fourth-order valence-corrected chi connectivity index (χ4v) is 4.03. The number of aromatic nitrogens is 2. The molecule has 1 aliphatic heterocycles. The summed E-state index contributed by atoms with van der Waals surface area (Å²) in [5, 5.41) is 7.51. The topological polar surface area (TPSA) is 67.2 Å². The third-order valence-corrected chi connectivity index (χ3v) is 5.46. The van der Waals surface area contributed by atoms with E-state index < -0.39 is 0 Å². The molecule has 31 heavy (non-hydrogen) atoms. The van der Waals surface area contributed by atoms with E-state index >= 15 is 0 Å². The molecule has 160 valence electrons. The maximum atomic E-state index is 13.2. The molecule has 2 aromatic carbocycles. The van der Waals surface area contributed by atoms with Crippen molar-refractivity contribution in [3.63, 3.8) is 0 Å². The third-order valence-electron chi connectivity index (χ3n) is 5.46. The Hall–Kier alpha value is -3.48. The fraction of sp³-hybridized carbons (Fsp3) is 0.292. The number of nitrogens with one attached hydrogen (secondary N) is 1. The summed E-state index contributed by atoms with van der Waals surface area (Å²) in [4.78, 5) is 27.2. The molecule has 1 atom stereocenters. The molecule has 0 saturated carbocycles. The lowest BCUT2D eigenvalue weighted by Gasteiger charge is -2.33. The maximum Gasteiger partial charge on any atom is 0.271 e. The number of anilines is 2. The first-order valence-corrected chi connectivity index (χ1v) is 10.4. The minimum atomic E-state index is -0.373. The second-order valence-electron chi connectivity index (χ2n) is 8.07. The van der Waals surface area contributed by atoms with Gasteiger partial charge in [0.15, 0.2) is 0 Å². The largest absolute Gasteiger partial charge is 0.354 e. The van der Waals surface area contributed by atoms with Crippen molar-refractivity contribution in [3.8, 4) is 5.69 Å². The van der Waals surface area contributed by atoms with Gasteiger partial charge in [-0.1, -0.05) is 6.07 Å².